The summed E-state index contributed by atoms with van der Waals surface area (Å²) < 4.78 is 2.66. The van der Waals surface area contributed by atoms with Crippen molar-refractivity contribution in [1.29, 1.82) is 0 Å². The van der Waals surface area contributed by atoms with Crippen LogP contribution in [0, 0.1) is 13.8 Å². The van der Waals surface area contributed by atoms with E-state index in [0.29, 0.717) is 17.1 Å². The summed E-state index contributed by atoms with van der Waals surface area (Å²) in [5.74, 6) is -0.485. The van der Waals surface area contributed by atoms with Crippen LogP contribution >= 0.6 is 0 Å². The van der Waals surface area contributed by atoms with E-state index < -0.39 is 11.5 Å². The van der Waals surface area contributed by atoms with Crippen molar-refractivity contribution in [3.05, 3.63) is 69.8 Å². The third-order valence-corrected chi connectivity index (χ3v) is 4.57. The van der Waals surface area contributed by atoms with Crippen molar-refractivity contribution in [1.82, 2.24) is 30.2 Å². The molecule has 0 atom stereocenters. The summed E-state index contributed by atoms with van der Waals surface area (Å²) in [5.41, 5.74) is 2.28. The normalized spacial score (nSPS) is 10.5. The molecular weight excluding hydrogens is 426 g/mol. The number of carbonyl (C=O) groups is 3. The van der Waals surface area contributed by atoms with Gasteiger partial charge in [0.2, 0.25) is 11.8 Å². The van der Waals surface area contributed by atoms with Crippen LogP contribution in [0.5, 0.6) is 0 Å². The number of hydrogen-bond acceptors (Lipinski definition) is 6. The number of rotatable bonds is 8. The molecule has 0 saturated heterocycles. The lowest BCUT2D eigenvalue weighted by Crippen LogP contribution is -2.38. The molecule has 11 heteroatoms. The van der Waals surface area contributed by atoms with Crippen molar-refractivity contribution in [2.24, 2.45) is 0 Å². The van der Waals surface area contributed by atoms with Crippen molar-refractivity contribution in [3.63, 3.8) is 0 Å². The van der Waals surface area contributed by atoms with Crippen molar-refractivity contribution >= 4 is 23.4 Å². The molecule has 0 aliphatic carbocycles. The molecule has 0 aliphatic heterocycles. The third kappa shape index (κ3) is 6.35. The van der Waals surface area contributed by atoms with Gasteiger partial charge in [0.15, 0.2) is 5.82 Å². The molecule has 3 aromatic rings. The van der Waals surface area contributed by atoms with Crippen LogP contribution in [0.2, 0.25) is 0 Å². The van der Waals surface area contributed by atoms with Gasteiger partial charge in [0.25, 0.3) is 11.5 Å². The van der Waals surface area contributed by atoms with E-state index in [0.717, 1.165) is 16.1 Å². The van der Waals surface area contributed by atoms with Crippen LogP contribution in [-0.2, 0) is 16.1 Å². The highest BCUT2D eigenvalue weighted by atomic mass is 16.2. The van der Waals surface area contributed by atoms with Gasteiger partial charge in [0.05, 0.1) is 5.69 Å². The van der Waals surface area contributed by atoms with Crippen molar-refractivity contribution in [3.8, 4) is 5.82 Å². The number of nitrogens with zero attached hydrogens (tertiary/aromatic N) is 4. The number of benzene rings is 1. The Bertz CT molecular complexity index is 1230. The minimum Gasteiger partial charge on any atom is -0.353 e. The molecular formula is C22H25N7O4. The minimum absolute atomic E-state index is 0.181. The van der Waals surface area contributed by atoms with Gasteiger partial charge in [-0.3, -0.25) is 19.2 Å². The lowest BCUT2D eigenvalue weighted by atomic mass is 10.2. The smallest absolute Gasteiger partial charge is 0.267 e. The summed E-state index contributed by atoms with van der Waals surface area (Å²) in [5, 5.41) is 16.5. The topological polar surface area (TPSA) is 140 Å². The van der Waals surface area contributed by atoms with Gasteiger partial charge in [-0.2, -0.15) is 5.10 Å². The molecule has 172 valence electrons. The first-order valence-corrected chi connectivity index (χ1v) is 10.3. The van der Waals surface area contributed by atoms with Gasteiger partial charge >= 0.3 is 0 Å². The van der Waals surface area contributed by atoms with Gasteiger partial charge in [-0.25, -0.2) is 9.36 Å². The zero-order valence-corrected chi connectivity index (χ0v) is 18.6. The zero-order valence-electron chi connectivity index (χ0n) is 18.6. The van der Waals surface area contributed by atoms with Crippen LogP contribution in [-0.4, -0.2) is 50.4 Å². The number of nitrogens with one attached hydrogen (secondary N) is 3. The Balaban J connectivity index is 1.49. The van der Waals surface area contributed by atoms with Crippen molar-refractivity contribution < 1.29 is 14.4 Å². The largest absolute Gasteiger partial charge is 0.353 e. The summed E-state index contributed by atoms with van der Waals surface area (Å²) in [4.78, 5) is 47.6. The molecule has 3 rings (SSSR count). The summed E-state index contributed by atoms with van der Waals surface area (Å²) in [6.45, 7) is 5.25. The third-order valence-electron chi connectivity index (χ3n) is 4.57. The maximum atomic E-state index is 12.2. The number of aryl methyl sites for hydroxylation is 2. The highest BCUT2D eigenvalue weighted by Crippen LogP contribution is 2.09. The molecule has 0 fully saturated rings. The van der Waals surface area contributed by atoms with Gasteiger partial charge in [-0.05, 0) is 50.2 Å². The Morgan fingerprint density at radius 1 is 0.939 bits per heavy atom. The van der Waals surface area contributed by atoms with Crippen LogP contribution in [0.25, 0.3) is 5.82 Å². The number of hydrogen-bond donors (Lipinski definition) is 3. The number of amides is 3. The standard InChI is InChI=1S/C22H25N7O4/c1-14-12-15(2)29(26-14)19-8-9-21(32)28(27-19)13-20(31)23-10-11-24-22(33)17-4-6-18(7-5-17)25-16(3)30/h4-9,12H,10-11,13H2,1-3H3,(H,23,31)(H,24,33)(H,25,30). The Labute approximate surface area is 189 Å². The molecule has 2 heterocycles. The second-order valence-electron chi connectivity index (χ2n) is 7.39. The fourth-order valence-electron chi connectivity index (χ4n) is 3.11. The predicted octanol–water partition coefficient (Wildman–Crippen LogP) is 0.550. The van der Waals surface area contributed by atoms with Crippen LogP contribution in [0.3, 0.4) is 0 Å². The van der Waals surface area contributed by atoms with Gasteiger partial charge < -0.3 is 16.0 Å². The average molecular weight is 451 g/mol. The van der Waals surface area contributed by atoms with Crippen LogP contribution in [0.4, 0.5) is 5.69 Å². The molecule has 0 bridgehead atoms. The van der Waals surface area contributed by atoms with E-state index in [-0.39, 0.29) is 31.4 Å². The molecule has 1 aromatic carbocycles. The highest BCUT2D eigenvalue weighted by molar-refractivity contribution is 5.95. The van der Waals surface area contributed by atoms with Crippen molar-refractivity contribution in [2.75, 3.05) is 18.4 Å². The van der Waals surface area contributed by atoms with E-state index in [2.05, 4.69) is 26.1 Å². The molecule has 3 N–H and O–H groups in total. The molecule has 0 unspecified atom stereocenters. The molecule has 11 nitrogen and oxygen atoms in total. The fraction of sp³-hybridized carbons (Fsp3) is 0.273. The number of anilines is 1. The maximum absolute atomic E-state index is 12.2. The van der Waals surface area contributed by atoms with Gasteiger partial charge in [-0.1, -0.05) is 0 Å². The number of aromatic nitrogens is 4. The van der Waals surface area contributed by atoms with Gasteiger partial charge in [0.1, 0.15) is 6.54 Å². The van der Waals surface area contributed by atoms with Crippen LogP contribution in [0.15, 0.2) is 47.3 Å². The van der Waals surface area contributed by atoms with E-state index in [1.807, 2.05) is 19.9 Å². The predicted molar refractivity (Wildman–Crippen MR) is 121 cm³/mol. The molecule has 33 heavy (non-hydrogen) atoms. The maximum Gasteiger partial charge on any atom is 0.267 e. The Morgan fingerprint density at radius 2 is 1.64 bits per heavy atom. The average Bonchev–Trinajstić information content (AvgIpc) is 3.10. The first-order valence-electron chi connectivity index (χ1n) is 10.3. The highest BCUT2D eigenvalue weighted by Gasteiger charge is 2.11. The zero-order chi connectivity index (χ0) is 24.0. The molecule has 0 radical (unpaired) electrons. The van der Waals surface area contributed by atoms with Crippen LogP contribution < -0.4 is 21.5 Å². The van der Waals surface area contributed by atoms with Crippen molar-refractivity contribution in [2.45, 2.75) is 27.3 Å². The first-order chi connectivity index (χ1) is 15.7. The lowest BCUT2D eigenvalue weighted by Gasteiger charge is -2.10. The molecule has 0 saturated carbocycles. The van der Waals surface area contributed by atoms with E-state index in [1.54, 1.807) is 35.0 Å². The summed E-state index contributed by atoms with van der Waals surface area (Å²) in [7, 11) is 0. The summed E-state index contributed by atoms with van der Waals surface area (Å²) in [6, 6.07) is 11.2. The quantitative estimate of drug-likeness (QED) is 0.427. The van der Waals surface area contributed by atoms with E-state index in [4.69, 9.17) is 0 Å². The van der Waals surface area contributed by atoms with Gasteiger partial charge in [0, 0.05) is 43.0 Å². The molecule has 3 amide bonds. The Hall–Kier alpha value is -4.28. The number of carbonyl (C=O) groups excluding carboxylic acids is 3. The lowest BCUT2D eigenvalue weighted by molar-refractivity contribution is -0.121. The minimum atomic E-state index is -0.413. The SMILES string of the molecule is CC(=O)Nc1ccc(C(=O)NCCNC(=O)Cn2nc(-n3nc(C)cc3C)ccc2=O)cc1. The van der Waals surface area contributed by atoms with Crippen LogP contribution in [0.1, 0.15) is 28.7 Å². The first kappa shape index (κ1) is 23.4. The molecule has 0 spiro atoms. The van der Waals surface area contributed by atoms with E-state index in [9.17, 15) is 19.2 Å². The molecule has 2 aromatic heterocycles. The second-order valence-corrected chi connectivity index (χ2v) is 7.39. The summed E-state index contributed by atoms with van der Waals surface area (Å²) in [6.07, 6.45) is 0. The van der Waals surface area contributed by atoms with E-state index in [1.165, 1.54) is 13.0 Å². The molecule has 0 aliphatic rings. The van der Waals surface area contributed by atoms with E-state index >= 15 is 0 Å². The van der Waals surface area contributed by atoms with Gasteiger partial charge in [-0.15, -0.1) is 5.10 Å². The Morgan fingerprint density at radius 3 is 2.27 bits per heavy atom. The summed E-state index contributed by atoms with van der Waals surface area (Å²) >= 11 is 0. The second kappa shape index (κ2) is 10.4. The monoisotopic (exact) mass is 451 g/mol. The fourth-order valence-corrected chi connectivity index (χ4v) is 3.11. The Kier molecular flexibility index (Phi) is 7.34.